The number of anilines is 1. The number of rotatable bonds is 5. The van der Waals surface area contributed by atoms with Gasteiger partial charge in [0.1, 0.15) is 0 Å². The molecule has 0 radical (unpaired) electrons. The molecule has 1 aromatic heterocycles. The molecule has 1 atom stereocenters. The first-order valence-corrected chi connectivity index (χ1v) is 6.54. The molecular weight excluding hydrogens is 325 g/mol. The van der Waals surface area contributed by atoms with Crippen molar-refractivity contribution >= 4 is 12.7 Å². The largest absolute Gasteiger partial charge is 1.00 e. The Morgan fingerprint density at radius 1 is 1.55 bits per heavy atom. The summed E-state index contributed by atoms with van der Waals surface area (Å²) < 4.78 is 43.4. The molecule has 2 rings (SSSR count). The Balaban J connectivity index is 0.00000242. The van der Waals surface area contributed by atoms with E-state index in [4.69, 9.17) is 4.74 Å². The summed E-state index contributed by atoms with van der Waals surface area (Å²) in [5.74, 6) is 0. The SMILES string of the molecule is C=C(Cn1ncc(N2CCC(OC)C2)cc1=O)[B-](F)(F)F.[K+]. The van der Waals surface area contributed by atoms with Crippen molar-refractivity contribution in [3.63, 3.8) is 0 Å². The zero-order chi connectivity index (χ0) is 15.6. The smallest absolute Gasteiger partial charge is 0.445 e. The predicted octanol–water partition coefficient (Wildman–Crippen LogP) is -1.58. The van der Waals surface area contributed by atoms with Gasteiger partial charge in [-0.3, -0.25) is 4.79 Å². The molecule has 0 aliphatic carbocycles. The Bertz CT molecular complexity index is 594. The summed E-state index contributed by atoms with van der Waals surface area (Å²) in [7, 11) is 1.62. The zero-order valence-corrected chi connectivity index (χ0v) is 15.8. The van der Waals surface area contributed by atoms with Crippen LogP contribution < -0.4 is 61.8 Å². The van der Waals surface area contributed by atoms with E-state index < -0.39 is 24.6 Å². The number of hydrogen-bond acceptors (Lipinski definition) is 4. The third kappa shape index (κ3) is 4.93. The van der Waals surface area contributed by atoms with Crippen molar-refractivity contribution in [3.8, 4) is 0 Å². The van der Waals surface area contributed by atoms with Crippen molar-refractivity contribution in [2.24, 2.45) is 0 Å². The van der Waals surface area contributed by atoms with Gasteiger partial charge in [0.15, 0.2) is 0 Å². The number of nitrogens with zero attached hydrogens (tertiary/aromatic N) is 3. The summed E-state index contributed by atoms with van der Waals surface area (Å²) in [4.78, 5) is 13.8. The molecule has 2 heterocycles. The first-order chi connectivity index (χ1) is 9.81. The molecular formula is C12H16BF3KN3O2. The second-order valence-corrected chi connectivity index (χ2v) is 5.04. The molecule has 22 heavy (non-hydrogen) atoms. The molecule has 0 N–H and O–H groups in total. The standard InChI is InChI=1S/C12H16BF3N3O2.K/c1-9(13(14,15)16)7-19-12(20)5-10(6-17-19)18-4-3-11(8-18)21-2;/h5-6,11H,1,3-4,7-8H2,2H3;/q-1;+1. The van der Waals surface area contributed by atoms with Gasteiger partial charge in [-0.2, -0.15) is 5.10 Å². The summed E-state index contributed by atoms with van der Waals surface area (Å²) in [6, 6.07) is 1.29. The second-order valence-electron chi connectivity index (χ2n) is 5.04. The quantitative estimate of drug-likeness (QED) is 0.607. The predicted molar refractivity (Wildman–Crippen MR) is 74.3 cm³/mol. The maximum atomic E-state index is 12.5. The molecule has 1 fully saturated rings. The fraction of sp³-hybridized carbons (Fsp3) is 0.500. The molecule has 5 nitrogen and oxygen atoms in total. The Kier molecular flexibility index (Phi) is 7.35. The van der Waals surface area contributed by atoms with Gasteiger partial charge >= 0.3 is 58.4 Å². The fourth-order valence-corrected chi connectivity index (χ4v) is 2.17. The maximum absolute atomic E-state index is 12.5. The third-order valence-corrected chi connectivity index (χ3v) is 3.51. The van der Waals surface area contributed by atoms with Crippen LogP contribution in [0, 0.1) is 0 Å². The topological polar surface area (TPSA) is 47.4 Å². The minimum atomic E-state index is -5.16. The minimum absolute atomic E-state index is 0. The molecule has 116 valence electrons. The van der Waals surface area contributed by atoms with Crippen LogP contribution in [0.15, 0.2) is 29.1 Å². The monoisotopic (exact) mass is 341 g/mol. The van der Waals surface area contributed by atoms with Crippen molar-refractivity contribution in [2.75, 3.05) is 25.1 Å². The van der Waals surface area contributed by atoms with E-state index in [0.29, 0.717) is 12.2 Å². The van der Waals surface area contributed by atoms with Crippen LogP contribution in [0.25, 0.3) is 0 Å². The van der Waals surface area contributed by atoms with Gasteiger partial charge in [0, 0.05) is 32.8 Å². The van der Waals surface area contributed by atoms with Crippen LogP contribution in [0.1, 0.15) is 6.42 Å². The van der Waals surface area contributed by atoms with Gasteiger partial charge in [-0.1, -0.05) is 0 Å². The van der Waals surface area contributed by atoms with Gasteiger partial charge < -0.3 is 22.6 Å². The van der Waals surface area contributed by atoms with Crippen LogP contribution >= 0.6 is 0 Å². The van der Waals surface area contributed by atoms with Gasteiger partial charge in [0.2, 0.25) is 0 Å². The molecule has 0 amide bonds. The second kappa shape index (κ2) is 8.11. The Morgan fingerprint density at radius 2 is 2.23 bits per heavy atom. The molecule has 10 heteroatoms. The number of allylic oxidation sites excluding steroid dienone is 1. The van der Waals surface area contributed by atoms with Gasteiger partial charge in [-0.05, 0) is 6.42 Å². The van der Waals surface area contributed by atoms with Crippen molar-refractivity contribution in [1.29, 1.82) is 0 Å². The molecule has 0 saturated carbocycles. The summed E-state index contributed by atoms with van der Waals surface area (Å²) in [6.07, 6.45) is 2.34. The van der Waals surface area contributed by atoms with Crippen LogP contribution in [-0.4, -0.2) is 43.1 Å². The molecule has 0 bridgehead atoms. The zero-order valence-electron chi connectivity index (χ0n) is 12.6. The van der Waals surface area contributed by atoms with E-state index in [1.807, 2.05) is 4.90 Å². The first kappa shape index (κ1) is 19.9. The Labute approximate surface area is 169 Å². The van der Waals surface area contributed by atoms with E-state index in [-0.39, 0.29) is 57.5 Å². The number of halogens is 3. The molecule has 0 aromatic carbocycles. The first-order valence-electron chi connectivity index (χ1n) is 6.54. The summed E-state index contributed by atoms with van der Waals surface area (Å²) in [5, 5.41) is 3.80. The fourth-order valence-electron chi connectivity index (χ4n) is 2.17. The molecule has 1 saturated heterocycles. The van der Waals surface area contributed by atoms with Crippen molar-refractivity contribution in [3.05, 3.63) is 34.7 Å². The van der Waals surface area contributed by atoms with E-state index in [1.165, 1.54) is 12.3 Å². The minimum Gasteiger partial charge on any atom is -0.445 e. The number of aromatic nitrogens is 2. The van der Waals surface area contributed by atoms with Crippen LogP contribution in [0.2, 0.25) is 0 Å². The summed E-state index contributed by atoms with van der Waals surface area (Å²) in [6.45, 7) is -1.48. The average Bonchev–Trinajstić information content (AvgIpc) is 2.88. The maximum Gasteiger partial charge on any atom is 1.00 e. The van der Waals surface area contributed by atoms with Gasteiger partial charge in [-0.15, -0.1) is 12.1 Å². The van der Waals surface area contributed by atoms with E-state index in [2.05, 4.69) is 11.7 Å². The number of methoxy groups -OCH3 is 1. The van der Waals surface area contributed by atoms with Crippen LogP contribution in [0.3, 0.4) is 0 Å². The van der Waals surface area contributed by atoms with Gasteiger partial charge in [0.25, 0.3) is 5.56 Å². The van der Waals surface area contributed by atoms with Crippen LogP contribution in [0.4, 0.5) is 18.6 Å². The summed E-state index contributed by atoms with van der Waals surface area (Å²) in [5.41, 5.74) is -0.925. The number of ether oxygens (including phenoxy) is 1. The normalized spacial score (nSPS) is 18.2. The van der Waals surface area contributed by atoms with E-state index in [1.54, 1.807) is 7.11 Å². The van der Waals surface area contributed by atoms with Crippen LogP contribution in [-0.2, 0) is 11.3 Å². The molecule has 1 aliphatic heterocycles. The molecule has 1 aromatic rings. The van der Waals surface area contributed by atoms with Crippen LogP contribution in [0.5, 0.6) is 0 Å². The van der Waals surface area contributed by atoms with Gasteiger partial charge in [-0.25, -0.2) is 4.68 Å². The molecule has 1 unspecified atom stereocenters. The van der Waals surface area contributed by atoms with Crippen molar-refractivity contribution in [2.45, 2.75) is 19.1 Å². The van der Waals surface area contributed by atoms with E-state index >= 15 is 0 Å². The average molecular weight is 341 g/mol. The van der Waals surface area contributed by atoms with Crippen molar-refractivity contribution < 1.29 is 69.1 Å². The Hall–Kier alpha value is -0.129. The molecule has 1 aliphatic rings. The summed E-state index contributed by atoms with van der Waals surface area (Å²) >= 11 is 0. The van der Waals surface area contributed by atoms with Gasteiger partial charge in [0.05, 0.1) is 18.0 Å². The van der Waals surface area contributed by atoms with E-state index in [9.17, 15) is 17.7 Å². The van der Waals surface area contributed by atoms with Crippen molar-refractivity contribution in [1.82, 2.24) is 9.78 Å². The molecule has 0 spiro atoms. The van der Waals surface area contributed by atoms with E-state index in [0.717, 1.165) is 17.6 Å². The number of hydrogen-bond donors (Lipinski definition) is 0. The third-order valence-electron chi connectivity index (χ3n) is 3.51. The Morgan fingerprint density at radius 3 is 2.73 bits per heavy atom.